The van der Waals surface area contributed by atoms with Crippen LogP contribution in [0.5, 0.6) is 11.5 Å². The van der Waals surface area contributed by atoms with Gasteiger partial charge in [0.05, 0.1) is 45.7 Å². The van der Waals surface area contributed by atoms with E-state index in [1.165, 1.54) is 0 Å². The van der Waals surface area contributed by atoms with Crippen LogP contribution in [0.1, 0.15) is 17.3 Å². The molecule has 0 radical (unpaired) electrons. The minimum absolute atomic E-state index is 0.141. The molecule has 1 aromatic carbocycles. The van der Waals surface area contributed by atoms with Crippen LogP contribution < -0.4 is 20.1 Å². The normalized spacial score (nSPS) is 16.0. The molecule has 3 rings (SSSR count). The van der Waals surface area contributed by atoms with Crippen molar-refractivity contribution < 1.29 is 14.2 Å². The molecule has 30 heavy (non-hydrogen) atoms. The minimum Gasteiger partial charge on any atom is -0.493 e. The van der Waals surface area contributed by atoms with Crippen LogP contribution in [0.15, 0.2) is 47.6 Å². The third kappa shape index (κ3) is 5.84. The van der Waals surface area contributed by atoms with E-state index in [0.717, 1.165) is 55.0 Å². The van der Waals surface area contributed by atoms with Crippen LogP contribution in [0.3, 0.4) is 0 Å². The van der Waals surface area contributed by atoms with Crippen LogP contribution in [-0.4, -0.2) is 70.0 Å². The van der Waals surface area contributed by atoms with Crippen molar-refractivity contribution in [3.05, 3.63) is 53.9 Å². The number of rotatable bonds is 8. The number of nitrogens with zero attached hydrogens (tertiary/aromatic N) is 3. The molecule has 1 saturated heterocycles. The van der Waals surface area contributed by atoms with Gasteiger partial charge in [0.2, 0.25) is 0 Å². The molecule has 1 aromatic heterocycles. The number of morpholine rings is 1. The van der Waals surface area contributed by atoms with Crippen molar-refractivity contribution in [2.45, 2.75) is 12.6 Å². The molecule has 0 spiro atoms. The highest BCUT2D eigenvalue weighted by atomic mass is 16.5. The molecule has 1 atom stereocenters. The number of guanidine groups is 1. The molecule has 0 amide bonds. The Morgan fingerprint density at radius 1 is 1.13 bits per heavy atom. The Labute approximate surface area is 178 Å². The SMILES string of the molecule is CN=C(NCc1ccccn1)NCC(c1ccc(OC)c(OC)c1)N1CCOCC1. The van der Waals surface area contributed by atoms with Crippen molar-refractivity contribution in [3.63, 3.8) is 0 Å². The van der Waals surface area contributed by atoms with Crippen molar-refractivity contribution in [3.8, 4) is 11.5 Å². The van der Waals surface area contributed by atoms with Crippen LogP contribution in [0.25, 0.3) is 0 Å². The zero-order valence-electron chi connectivity index (χ0n) is 17.9. The summed E-state index contributed by atoms with van der Waals surface area (Å²) in [5.74, 6) is 2.19. The van der Waals surface area contributed by atoms with Crippen LogP contribution in [0, 0.1) is 0 Å². The van der Waals surface area contributed by atoms with Crippen molar-refractivity contribution in [1.82, 2.24) is 20.5 Å². The summed E-state index contributed by atoms with van der Waals surface area (Å²) in [6.07, 6.45) is 1.79. The number of benzene rings is 1. The number of pyridine rings is 1. The van der Waals surface area contributed by atoms with Gasteiger partial charge < -0.3 is 24.8 Å². The fourth-order valence-corrected chi connectivity index (χ4v) is 3.50. The maximum absolute atomic E-state index is 5.55. The second-order valence-electron chi connectivity index (χ2n) is 6.91. The number of ether oxygens (including phenoxy) is 3. The molecule has 1 fully saturated rings. The van der Waals surface area contributed by atoms with Gasteiger partial charge in [-0.2, -0.15) is 0 Å². The first-order chi connectivity index (χ1) is 14.7. The summed E-state index contributed by atoms with van der Waals surface area (Å²) in [6, 6.07) is 12.1. The molecule has 1 aliphatic rings. The molecule has 0 saturated carbocycles. The first-order valence-electron chi connectivity index (χ1n) is 10.1. The van der Waals surface area contributed by atoms with Gasteiger partial charge in [-0.1, -0.05) is 12.1 Å². The smallest absolute Gasteiger partial charge is 0.191 e. The zero-order valence-corrected chi connectivity index (χ0v) is 17.9. The van der Waals surface area contributed by atoms with Crippen molar-refractivity contribution in [2.75, 3.05) is 54.1 Å². The van der Waals surface area contributed by atoms with Gasteiger partial charge in [-0.3, -0.25) is 14.9 Å². The summed E-state index contributed by atoms with van der Waals surface area (Å²) in [5, 5.41) is 6.78. The zero-order chi connectivity index (χ0) is 21.2. The first-order valence-corrected chi connectivity index (χ1v) is 10.1. The van der Waals surface area contributed by atoms with Crippen LogP contribution in [0.4, 0.5) is 0 Å². The molecular weight excluding hydrogens is 382 g/mol. The molecule has 2 aromatic rings. The molecule has 2 heterocycles. The number of hydrogen-bond donors (Lipinski definition) is 2. The molecule has 8 nitrogen and oxygen atoms in total. The van der Waals surface area contributed by atoms with Crippen molar-refractivity contribution in [2.24, 2.45) is 4.99 Å². The molecule has 1 unspecified atom stereocenters. The molecule has 0 aliphatic carbocycles. The lowest BCUT2D eigenvalue weighted by molar-refractivity contribution is 0.0169. The molecule has 0 bridgehead atoms. The Balaban J connectivity index is 1.70. The molecule has 1 aliphatic heterocycles. The molecular formula is C22H31N5O3. The van der Waals surface area contributed by atoms with Crippen molar-refractivity contribution >= 4 is 5.96 Å². The fourth-order valence-electron chi connectivity index (χ4n) is 3.50. The van der Waals surface area contributed by atoms with Gasteiger partial charge in [-0.05, 0) is 29.8 Å². The average Bonchev–Trinajstić information content (AvgIpc) is 2.82. The van der Waals surface area contributed by atoms with Gasteiger partial charge in [0, 0.05) is 32.9 Å². The van der Waals surface area contributed by atoms with E-state index in [-0.39, 0.29) is 6.04 Å². The summed E-state index contributed by atoms with van der Waals surface area (Å²) in [5.41, 5.74) is 2.12. The van der Waals surface area contributed by atoms with E-state index in [1.54, 1.807) is 27.5 Å². The third-order valence-electron chi connectivity index (χ3n) is 5.13. The Kier molecular flexibility index (Phi) is 8.29. The number of hydrogen-bond acceptors (Lipinski definition) is 6. The first kappa shape index (κ1) is 21.9. The highest BCUT2D eigenvalue weighted by Crippen LogP contribution is 2.32. The highest BCUT2D eigenvalue weighted by Gasteiger charge is 2.24. The summed E-state index contributed by atoms with van der Waals surface area (Å²) in [6.45, 7) is 4.52. The van der Waals surface area contributed by atoms with E-state index in [2.05, 4.69) is 31.6 Å². The van der Waals surface area contributed by atoms with Crippen LogP contribution >= 0.6 is 0 Å². The van der Waals surface area contributed by atoms with Gasteiger partial charge >= 0.3 is 0 Å². The lowest BCUT2D eigenvalue weighted by Gasteiger charge is -2.35. The predicted octanol–water partition coefficient (Wildman–Crippen LogP) is 1.84. The van der Waals surface area contributed by atoms with Gasteiger partial charge in [-0.25, -0.2) is 0 Å². The van der Waals surface area contributed by atoms with Crippen molar-refractivity contribution in [1.29, 1.82) is 0 Å². The largest absolute Gasteiger partial charge is 0.493 e. The number of methoxy groups -OCH3 is 2. The Bertz CT molecular complexity index is 810. The predicted molar refractivity (Wildman–Crippen MR) is 117 cm³/mol. The third-order valence-corrected chi connectivity index (χ3v) is 5.13. The monoisotopic (exact) mass is 413 g/mol. The standard InChI is InChI=1S/C22H31N5O3/c1-23-22(25-15-18-6-4-5-9-24-18)26-16-19(27-10-12-30-13-11-27)17-7-8-20(28-2)21(14-17)29-3/h4-9,14,19H,10-13,15-16H2,1-3H3,(H2,23,25,26). The molecule has 162 valence electrons. The number of aromatic nitrogens is 1. The highest BCUT2D eigenvalue weighted by molar-refractivity contribution is 5.79. The number of nitrogens with one attached hydrogen (secondary N) is 2. The Morgan fingerprint density at radius 2 is 1.93 bits per heavy atom. The van der Waals surface area contributed by atoms with E-state index < -0.39 is 0 Å². The molecule has 8 heteroatoms. The summed E-state index contributed by atoms with van der Waals surface area (Å²) in [7, 11) is 5.08. The van der Waals surface area contributed by atoms with E-state index in [9.17, 15) is 0 Å². The Hall–Kier alpha value is -2.84. The van der Waals surface area contributed by atoms with E-state index in [0.29, 0.717) is 13.1 Å². The topological polar surface area (TPSA) is 80.2 Å². The van der Waals surface area contributed by atoms with Gasteiger partial charge in [-0.15, -0.1) is 0 Å². The lowest BCUT2D eigenvalue weighted by Crippen LogP contribution is -2.46. The quantitative estimate of drug-likeness (QED) is 0.505. The fraction of sp³-hybridized carbons (Fsp3) is 0.455. The van der Waals surface area contributed by atoms with Crippen LogP contribution in [0.2, 0.25) is 0 Å². The van der Waals surface area contributed by atoms with Gasteiger partial charge in [0.25, 0.3) is 0 Å². The van der Waals surface area contributed by atoms with E-state index in [4.69, 9.17) is 14.2 Å². The van der Waals surface area contributed by atoms with Crippen LogP contribution in [-0.2, 0) is 11.3 Å². The maximum atomic E-state index is 5.55. The Morgan fingerprint density at radius 3 is 2.60 bits per heavy atom. The van der Waals surface area contributed by atoms with E-state index >= 15 is 0 Å². The second-order valence-corrected chi connectivity index (χ2v) is 6.91. The average molecular weight is 414 g/mol. The molecule has 2 N–H and O–H groups in total. The summed E-state index contributed by atoms with van der Waals surface area (Å²) < 4.78 is 16.5. The van der Waals surface area contributed by atoms with Gasteiger partial charge in [0.15, 0.2) is 17.5 Å². The number of aliphatic imine (C=N–C) groups is 1. The lowest BCUT2D eigenvalue weighted by atomic mass is 10.0. The minimum atomic E-state index is 0.141. The van der Waals surface area contributed by atoms with Gasteiger partial charge in [0.1, 0.15) is 0 Å². The second kappa shape index (κ2) is 11.4. The van der Waals surface area contributed by atoms with E-state index in [1.807, 2.05) is 30.3 Å². The summed E-state index contributed by atoms with van der Waals surface area (Å²) in [4.78, 5) is 11.1. The maximum Gasteiger partial charge on any atom is 0.191 e. The summed E-state index contributed by atoms with van der Waals surface area (Å²) >= 11 is 0.